The fraction of sp³-hybridized carbons (Fsp3) is 0.526. The van der Waals surface area contributed by atoms with Crippen LogP contribution in [0.25, 0.3) is 0 Å². The molecule has 0 aliphatic heterocycles. The van der Waals surface area contributed by atoms with Gasteiger partial charge in [0.2, 0.25) is 21.9 Å². The predicted octanol–water partition coefficient (Wildman–Crippen LogP) is 2.69. The maximum atomic E-state index is 14.1. The molecule has 2 aromatic rings. The van der Waals surface area contributed by atoms with E-state index in [9.17, 15) is 22.3 Å². The molecule has 0 fully saturated rings. The molecule has 2 rings (SSSR count). The molecule has 8 nitrogen and oxygen atoms in total. The molecule has 11 heteroatoms. The van der Waals surface area contributed by atoms with Gasteiger partial charge in [-0.25, -0.2) is 17.2 Å². The number of aliphatic hydroxyl groups excluding tert-OH is 1. The van der Waals surface area contributed by atoms with Crippen LogP contribution in [-0.4, -0.2) is 47.4 Å². The van der Waals surface area contributed by atoms with Crippen molar-refractivity contribution in [3.05, 3.63) is 41.2 Å². The second-order valence-corrected chi connectivity index (χ2v) is 9.45. The van der Waals surface area contributed by atoms with Gasteiger partial charge < -0.3 is 10.4 Å². The van der Waals surface area contributed by atoms with Gasteiger partial charge in [-0.05, 0) is 42.0 Å². The van der Waals surface area contributed by atoms with Gasteiger partial charge >= 0.3 is 0 Å². The molecule has 0 unspecified atom stereocenters. The Balaban J connectivity index is 2.34. The quantitative estimate of drug-likeness (QED) is 0.517. The van der Waals surface area contributed by atoms with Gasteiger partial charge in [0.15, 0.2) is 0 Å². The summed E-state index contributed by atoms with van der Waals surface area (Å²) >= 11 is 0. The number of hydrogen-bond acceptors (Lipinski definition) is 7. The van der Waals surface area contributed by atoms with E-state index < -0.39 is 27.6 Å². The molecule has 0 aliphatic rings. The Morgan fingerprint density at radius 3 is 2.37 bits per heavy atom. The van der Waals surface area contributed by atoms with Crippen molar-refractivity contribution in [1.82, 2.24) is 15.0 Å². The number of halogens is 2. The molecule has 1 aromatic heterocycles. The molecule has 3 N–H and O–H groups in total. The second-order valence-electron chi connectivity index (χ2n) is 7.70. The zero-order valence-corrected chi connectivity index (χ0v) is 18.2. The van der Waals surface area contributed by atoms with Crippen LogP contribution in [0.5, 0.6) is 0 Å². The van der Waals surface area contributed by atoms with Gasteiger partial charge in [-0.2, -0.15) is 15.0 Å². The fourth-order valence-electron chi connectivity index (χ4n) is 2.99. The first-order chi connectivity index (χ1) is 14.0. The van der Waals surface area contributed by atoms with Crippen LogP contribution < -0.4 is 10.0 Å². The summed E-state index contributed by atoms with van der Waals surface area (Å²) in [4.78, 5) is 12.4. The number of benzene rings is 1. The molecule has 166 valence electrons. The maximum Gasteiger partial charge on any atom is 0.241 e. The van der Waals surface area contributed by atoms with E-state index in [0.29, 0.717) is 12.3 Å². The number of nitrogens with zero attached hydrogens (tertiary/aromatic N) is 3. The first kappa shape index (κ1) is 23.9. The van der Waals surface area contributed by atoms with Crippen molar-refractivity contribution in [3.63, 3.8) is 0 Å². The number of sulfonamides is 1. The monoisotopic (exact) mass is 443 g/mol. The Morgan fingerprint density at radius 1 is 1.10 bits per heavy atom. The molecular formula is C19H27F2N5O3S. The van der Waals surface area contributed by atoms with Gasteiger partial charge in [-0.15, -0.1) is 0 Å². The molecule has 0 aliphatic carbocycles. The molecule has 0 bridgehead atoms. The third-order valence-corrected chi connectivity index (χ3v) is 4.80. The third-order valence-electron chi connectivity index (χ3n) is 4.25. The molecule has 0 radical (unpaired) electrons. The molecule has 0 saturated carbocycles. The lowest BCUT2D eigenvalue weighted by Crippen LogP contribution is -2.27. The van der Waals surface area contributed by atoms with Crippen LogP contribution in [0, 0.1) is 17.6 Å². The van der Waals surface area contributed by atoms with Gasteiger partial charge in [0, 0.05) is 6.42 Å². The van der Waals surface area contributed by atoms with E-state index in [2.05, 4.69) is 25.0 Å². The number of nitrogens with one attached hydrogen (secondary N) is 2. The average molecular weight is 444 g/mol. The Hall–Kier alpha value is -2.40. The lowest BCUT2D eigenvalue weighted by molar-refractivity contribution is 0.259. The highest BCUT2D eigenvalue weighted by atomic mass is 32.2. The van der Waals surface area contributed by atoms with Crippen LogP contribution >= 0.6 is 0 Å². The summed E-state index contributed by atoms with van der Waals surface area (Å²) < 4.78 is 53.0. The van der Waals surface area contributed by atoms with Gasteiger partial charge in [-0.1, -0.05) is 20.8 Å². The third kappa shape index (κ3) is 7.45. The summed E-state index contributed by atoms with van der Waals surface area (Å²) in [5, 5.41) is 12.6. The largest absolute Gasteiger partial charge is 0.394 e. The van der Waals surface area contributed by atoms with E-state index in [1.54, 1.807) is 6.92 Å². The highest BCUT2D eigenvalue weighted by Crippen LogP contribution is 2.24. The minimum absolute atomic E-state index is 0.0813. The smallest absolute Gasteiger partial charge is 0.241 e. The number of aliphatic hydroxyl groups is 1. The van der Waals surface area contributed by atoms with Gasteiger partial charge in [0.25, 0.3) is 0 Å². The van der Waals surface area contributed by atoms with Crippen molar-refractivity contribution in [2.45, 2.75) is 45.6 Å². The summed E-state index contributed by atoms with van der Waals surface area (Å²) in [7, 11) is -3.65. The molecule has 0 saturated heterocycles. The maximum absolute atomic E-state index is 14.1. The van der Waals surface area contributed by atoms with Gasteiger partial charge in [0.05, 0.1) is 18.9 Å². The molecule has 0 spiro atoms. The molecule has 1 heterocycles. The van der Waals surface area contributed by atoms with Crippen molar-refractivity contribution in [2.75, 3.05) is 22.9 Å². The standard InChI is InChI=1S/C19H27F2N5O3S/c1-11(2)7-14(10-27)22-18-23-17(24-19(25-18)26-30(4,28)29)8-12(3)15-9-13(20)5-6-16(15)21/h5-6,9,11-12,14,27H,7-8,10H2,1-4H3,(H2,22,23,24,25,26)/t12-,14+/m0/s1. The Morgan fingerprint density at radius 2 is 1.77 bits per heavy atom. The highest BCUT2D eigenvalue weighted by molar-refractivity contribution is 7.91. The van der Waals surface area contributed by atoms with E-state index in [1.165, 1.54) is 0 Å². The zero-order chi connectivity index (χ0) is 22.5. The van der Waals surface area contributed by atoms with Crippen LogP contribution in [-0.2, 0) is 16.4 Å². The first-order valence-corrected chi connectivity index (χ1v) is 11.4. The van der Waals surface area contributed by atoms with Crippen molar-refractivity contribution >= 4 is 21.9 Å². The lowest BCUT2D eigenvalue weighted by Gasteiger charge is -2.19. The molecule has 0 amide bonds. The summed E-state index contributed by atoms with van der Waals surface area (Å²) in [6, 6.07) is 2.86. The average Bonchev–Trinajstić information content (AvgIpc) is 2.61. The normalized spacial score (nSPS) is 13.9. The van der Waals surface area contributed by atoms with E-state index >= 15 is 0 Å². The van der Waals surface area contributed by atoms with E-state index in [-0.39, 0.29) is 42.4 Å². The Kier molecular flexibility index (Phi) is 8.02. The number of aromatic nitrogens is 3. The van der Waals surface area contributed by atoms with E-state index in [0.717, 1.165) is 24.5 Å². The van der Waals surface area contributed by atoms with E-state index in [4.69, 9.17) is 0 Å². The minimum Gasteiger partial charge on any atom is -0.394 e. The van der Waals surface area contributed by atoms with Crippen LogP contribution in [0.15, 0.2) is 18.2 Å². The first-order valence-electron chi connectivity index (χ1n) is 9.52. The van der Waals surface area contributed by atoms with Crippen molar-refractivity contribution in [1.29, 1.82) is 0 Å². The van der Waals surface area contributed by atoms with Crippen LogP contribution in [0.2, 0.25) is 0 Å². The van der Waals surface area contributed by atoms with Crippen LogP contribution in [0.3, 0.4) is 0 Å². The topological polar surface area (TPSA) is 117 Å². The summed E-state index contributed by atoms with van der Waals surface area (Å²) in [5.74, 6) is -1.22. The molecule has 2 atom stereocenters. The lowest BCUT2D eigenvalue weighted by atomic mass is 9.97. The Labute approximate surface area is 175 Å². The summed E-state index contributed by atoms with van der Waals surface area (Å²) in [5.41, 5.74) is 0.163. The summed E-state index contributed by atoms with van der Waals surface area (Å²) in [6.07, 6.45) is 1.71. The van der Waals surface area contributed by atoms with Crippen molar-refractivity contribution < 1.29 is 22.3 Å². The van der Waals surface area contributed by atoms with Gasteiger partial charge in [-0.3, -0.25) is 4.72 Å². The van der Waals surface area contributed by atoms with Gasteiger partial charge in [0.1, 0.15) is 17.5 Å². The molecule has 30 heavy (non-hydrogen) atoms. The number of hydrogen-bond donors (Lipinski definition) is 3. The number of anilines is 2. The highest BCUT2D eigenvalue weighted by Gasteiger charge is 2.18. The van der Waals surface area contributed by atoms with Crippen LogP contribution in [0.4, 0.5) is 20.7 Å². The molecule has 1 aromatic carbocycles. The number of rotatable bonds is 10. The fourth-order valence-corrected chi connectivity index (χ4v) is 3.42. The Bertz CT molecular complexity index is 973. The van der Waals surface area contributed by atoms with Crippen LogP contribution in [0.1, 0.15) is 44.5 Å². The minimum atomic E-state index is -3.65. The summed E-state index contributed by atoms with van der Waals surface area (Å²) in [6.45, 7) is 5.51. The van der Waals surface area contributed by atoms with Crippen molar-refractivity contribution in [2.24, 2.45) is 5.92 Å². The van der Waals surface area contributed by atoms with Crippen molar-refractivity contribution in [3.8, 4) is 0 Å². The SMILES string of the molecule is CC(C)C[C@H](CO)Nc1nc(C[C@H](C)c2cc(F)ccc2F)nc(NS(C)(=O)=O)n1. The predicted molar refractivity (Wildman–Crippen MR) is 111 cm³/mol. The zero-order valence-electron chi connectivity index (χ0n) is 17.4. The molecular weight excluding hydrogens is 416 g/mol. The second kappa shape index (κ2) is 10.1. The van der Waals surface area contributed by atoms with E-state index in [1.807, 2.05) is 13.8 Å².